The van der Waals surface area contributed by atoms with Gasteiger partial charge in [-0.25, -0.2) is 4.99 Å². The van der Waals surface area contributed by atoms with Crippen molar-refractivity contribution in [3.8, 4) is 5.75 Å². The highest BCUT2D eigenvalue weighted by atomic mass is 16.5. The van der Waals surface area contributed by atoms with Crippen molar-refractivity contribution in [2.24, 2.45) is 16.6 Å². The van der Waals surface area contributed by atoms with Gasteiger partial charge < -0.3 is 25.4 Å². The van der Waals surface area contributed by atoms with Crippen molar-refractivity contribution in [2.45, 2.75) is 44.4 Å². The second-order valence-corrected chi connectivity index (χ2v) is 9.55. The van der Waals surface area contributed by atoms with Crippen LogP contribution in [0.5, 0.6) is 5.75 Å². The van der Waals surface area contributed by atoms with Crippen LogP contribution in [0.4, 0.5) is 0 Å². The van der Waals surface area contributed by atoms with Gasteiger partial charge in [-0.15, -0.1) is 0 Å². The topological polar surface area (TPSA) is 75.3 Å². The van der Waals surface area contributed by atoms with Gasteiger partial charge in [-0.1, -0.05) is 42.5 Å². The fourth-order valence-electron chi connectivity index (χ4n) is 5.14. The van der Waals surface area contributed by atoms with Crippen LogP contribution in [0.1, 0.15) is 30.4 Å². The van der Waals surface area contributed by atoms with E-state index in [4.69, 9.17) is 15.2 Å². The summed E-state index contributed by atoms with van der Waals surface area (Å²) in [6.07, 6.45) is 7.81. The summed E-state index contributed by atoms with van der Waals surface area (Å²) in [6, 6.07) is 18.4. The highest BCUT2D eigenvalue weighted by Crippen LogP contribution is 2.42. The lowest BCUT2D eigenvalue weighted by molar-refractivity contribution is -0.176. The van der Waals surface area contributed by atoms with Crippen molar-refractivity contribution < 1.29 is 9.47 Å². The number of nitrogens with two attached hydrogens (primary N) is 1. The first-order chi connectivity index (χ1) is 16.7. The van der Waals surface area contributed by atoms with Gasteiger partial charge in [-0.2, -0.15) is 0 Å². The largest absolute Gasteiger partial charge is 0.489 e. The molecule has 4 aliphatic rings. The van der Waals surface area contributed by atoms with E-state index in [1.54, 1.807) is 6.20 Å². The second kappa shape index (κ2) is 8.81. The molecule has 2 atom stereocenters. The van der Waals surface area contributed by atoms with Gasteiger partial charge in [0.25, 0.3) is 0 Å². The zero-order valence-electron chi connectivity index (χ0n) is 19.4. The van der Waals surface area contributed by atoms with E-state index in [-0.39, 0.29) is 6.17 Å². The van der Waals surface area contributed by atoms with Crippen LogP contribution >= 0.6 is 0 Å². The van der Waals surface area contributed by atoms with Crippen LogP contribution in [0.15, 0.2) is 77.7 Å². The van der Waals surface area contributed by atoms with Crippen molar-refractivity contribution in [2.75, 3.05) is 13.6 Å². The molecule has 0 bridgehead atoms. The summed E-state index contributed by atoms with van der Waals surface area (Å²) >= 11 is 0. The zero-order valence-corrected chi connectivity index (χ0v) is 19.4. The Morgan fingerprint density at radius 3 is 2.74 bits per heavy atom. The Kier molecular flexibility index (Phi) is 5.51. The van der Waals surface area contributed by atoms with Gasteiger partial charge in [0.2, 0.25) is 0 Å². The van der Waals surface area contributed by atoms with Gasteiger partial charge in [0, 0.05) is 30.4 Å². The van der Waals surface area contributed by atoms with Gasteiger partial charge in [0.1, 0.15) is 36.3 Å². The minimum atomic E-state index is 0.142. The van der Waals surface area contributed by atoms with E-state index < -0.39 is 0 Å². The molecular weight excluding hydrogens is 426 g/mol. The van der Waals surface area contributed by atoms with Crippen LogP contribution in [0.2, 0.25) is 0 Å². The van der Waals surface area contributed by atoms with E-state index in [0.29, 0.717) is 30.7 Å². The lowest BCUT2D eigenvalue weighted by atomic mass is 9.79. The van der Waals surface area contributed by atoms with Crippen LogP contribution in [0.3, 0.4) is 0 Å². The number of nitrogens with one attached hydrogen (secondary N) is 1. The maximum atomic E-state index is 6.37. The van der Waals surface area contributed by atoms with E-state index in [9.17, 15) is 0 Å². The molecule has 3 aliphatic heterocycles. The number of amidine groups is 1. The molecule has 3 heterocycles. The molecule has 176 valence electrons. The third kappa shape index (κ3) is 3.95. The molecule has 1 aliphatic carbocycles. The number of aliphatic imine (C=N–C) groups is 1. The van der Waals surface area contributed by atoms with Crippen LogP contribution in [-0.2, 0) is 11.3 Å². The lowest BCUT2D eigenvalue weighted by Gasteiger charge is -2.47. The van der Waals surface area contributed by atoms with Crippen LogP contribution in [0.25, 0.3) is 5.70 Å². The molecule has 6 rings (SSSR count). The number of hydrogen-bond acceptors (Lipinski definition) is 7. The monoisotopic (exact) mass is 457 g/mol. The van der Waals surface area contributed by atoms with E-state index in [1.165, 1.54) is 0 Å². The SMILES string of the molecule is CN1CCC1OC1CC(C2NC(c3cccc(OCc4ccccc4)c3)=C3C(N)=NC=CN32)C1. The van der Waals surface area contributed by atoms with Crippen molar-refractivity contribution in [3.05, 3.63) is 83.8 Å². The van der Waals surface area contributed by atoms with Crippen LogP contribution in [-0.4, -0.2) is 47.7 Å². The molecule has 0 amide bonds. The minimum absolute atomic E-state index is 0.142. The smallest absolute Gasteiger partial charge is 0.149 e. The Balaban J connectivity index is 1.17. The number of benzene rings is 2. The van der Waals surface area contributed by atoms with E-state index in [1.807, 2.05) is 36.5 Å². The maximum Gasteiger partial charge on any atom is 0.149 e. The molecule has 2 unspecified atom stereocenters. The van der Waals surface area contributed by atoms with Gasteiger partial charge >= 0.3 is 0 Å². The quantitative estimate of drug-likeness (QED) is 0.663. The van der Waals surface area contributed by atoms with Crippen LogP contribution < -0.4 is 15.8 Å². The average molecular weight is 458 g/mol. The minimum Gasteiger partial charge on any atom is -0.489 e. The average Bonchev–Trinajstić information content (AvgIpc) is 3.22. The van der Waals surface area contributed by atoms with Crippen LogP contribution in [0, 0.1) is 5.92 Å². The summed E-state index contributed by atoms with van der Waals surface area (Å²) < 4.78 is 12.3. The Morgan fingerprint density at radius 2 is 1.97 bits per heavy atom. The predicted molar refractivity (Wildman–Crippen MR) is 132 cm³/mol. The van der Waals surface area contributed by atoms with E-state index in [0.717, 1.165) is 54.1 Å². The highest BCUT2D eigenvalue weighted by Gasteiger charge is 2.45. The van der Waals surface area contributed by atoms with Crippen molar-refractivity contribution >= 4 is 11.5 Å². The van der Waals surface area contributed by atoms with Gasteiger partial charge in [0.15, 0.2) is 0 Å². The van der Waals surface area contributed by atoms with Gasteiger partial charge in [0.05, 0.1) is 11.8 Å². The maximum absolute atomic E-state index is 6.37. The number of rotatable bonds is 7. The summed E-state index contributed by atoms with van der Waals surface area (Å²) in [5, 5.41) is 3.77. The molecule has 34 heavy (non-hydrogen) atoms. The van der Waals surface area contributed by atoms with E-state index >= 15 is 0 Å². The summed E-state index contributed by atoms with van der Waals surface area (Å²) in [7, 11) is 2.13. The molecule has 3 N–H and O–H groups in total. The molecule has 0 spiro atoms. The number of likely N-dealkylation sites (tertiary alicyclic amines) is 1. The molecule has 0 radical (unpaired) electrons. The van der Waals surface area contributed by atoms with Gasteiger partial charge in [-0.05, 0) is 44.0 Å². The van der Waals surface area contributed by atoms with Crippen molar-refractivity contribution in [1.82, 2.24) is 15.1 Å². The summed E-state index contributed by atoms with van der Waals surface area (Å²) in [5.74, 6) is 1.84. The normalized spacial score (nSPS) is 28.0. The van der Waals surface area contributed by atoms with Crippen molar-refractivity contribution in [3.63, 3.8) is 0 Å². The third-order valence-electron chi connectivity index (χ3n) is 7.29. The Bertz CT molecular complexity index is 1140. The first-order valence-corrected chi connectivity index (χ1v) is 12.1. The van der Waals surface area contributed by atoms with Crippen molar-refractivity contribution in [1.29, 1.82) is 0 Å². The zero-order chi connectivity index (χ0) is 23.1. The van der Waals surface area contributed by atoms with Gasteiger partial charge in [-0.3, -0.25) is 4.90 Å². The second-order valence-electron chi connectivity index (χ2n) is 9.55. The third-order valence-corrected chi connectivity index (χ3v) is 7.29. The predicted octanol–water partition coefficient (Wildman–Crippen LogP) is 3.46. The molecule has 2 aromatic rings. The molecule has 2 fully saturated rings. The molecular formula is C27H31N5O2. The fraction of sp³-hybridized carbons (Fsp3) is 0.370. The molecule has 7 heteroatoms. The highest BCUT2D eigenvalue weighted by molar-refractivity contribution is 6.05. The lowest BCUT2D eigenvalue weighted by Crippen LogP contribution is -2.54. The Labute approximate surface area is 200 Å². The number of hydrogen-bond donors (Lipinski definition) is 2. The summed E-state index contributed by atoms with van der Waals surface area (Å²) in [5.41, 5.74) is 10.5. The molecule has 0 aromatic heterocycles. The summed E-state index contributed by atoms with van der Waals surface area (Å²) in [4.78, 5) is 8.89. The van der Waals surface area contributed by atoms with E-state index in [2.05, 4.69) is 51.4 Å². The molecule has 7 nitrogen and oxygen atoms in total. The molecule has 2 aromatic carbocycles. The first-order valence-electron chi connectivity index (χ1n) is 12.1. The summed E-state index contributed by atoms with van der Waals surface area (Å²) in [6.45, 7) is 1.66. The standard InChI is InChI=1S/C27H31N5O2/c1-31-12-10-23(31)34-22-15-20(16-22)27-30-24(25-26(28)29-11-13-32(25)27)19-8-5-9-21(14-19)33-17-18-6-3-2-4-7-18/h2-9,11,13-14,20,22-23,27,30H,10,12,15-17H2,1H3,(H2,28,29). The Hall–Kier alpha value is -3.29. The molecule has 1 saturated heterocycles. The number of fused-ring (bicyclic) bond motifs is 1. The number of nitrogens with zero attached hydrogens (tertiary/aromatic N) is 3. The number of ether oxygens (including phenoxy) is 2. The Morgan fingerprint density at radius 1 is 1.12 bits per heavy atom. The fourth-order valence-corrected chi connectivity index (χ4v) is 5.14. The molecule has 1 saturated carbocycles. The first kappa shape index (κ1) is 21.3.